The fraction of sp³-hybridized carbons (Fsp3) is 0.462. The first kappa shape index (κ1) is 24.3. The highest BCUT2D eigenvalue weighted by atomic mass is 16.6. The number of carbonyl (C=O) groups is 1. The number of amidine groups is 1. The van der Waals surface area contributed by atoms with Gasteiger partial charge in [-0.1, -0.05) is 30.3 Å². The van der Waals surface area contributed by atoms with Crippen molar-refractivity contribution in [2.75, 3.05) is 18.4 Å². The lowest BCUT2D eigenvalue weighted by Gasteiger charge is -2.49. The summed E-state index contributed by atoms with van der Waals surface area (Å²) in [5.74, 6) is 0.720. The summed E-state index contributed by atoms with van der Waals surface area (Å²) in [7, 11) is 0. The zero-order valence-corrected chi connectivity index (χ0v) is 20.5. The van der Waals surface area contributed by atoms with Crippen LogP contribution in [0.15, 0.2) is 47.6 Å². The third kappa shape index (κ3) is 6.21. The first-order chi connectivity index (χ1) is 16.7. The average molecular weight is 477 g/mol. The van der Waals surface area contributed by atoms with Crippen molar-refractivity contribution in [2.24, 2.45) is 10.7 Å². The van der Waals surface area contributed by atoms with Crippen molar-refractivity contribution < 1.29 is 14.3 Å². The van der Waals surface area contributed by atoms with E-state index in [0.717, 1.165) is 18.4 Å². The van der Waals surface area contributed by atoms with Gasteiger partial charge in [-0.15, -0.1) is 0 Å². The Balaban J connectivity index is 1.58. The molecule has 0 unspecified atom stereocenters. The summed E-state index contributed by atoms with van der Waals surface area (Å²) >= 11 is 0. The zero-order valence-electron chi connectivity index (χ0n) is 20.5. The predicted molar refractivity (Wildman–Crippen MR) is 133 cm³/mol. The number of nitrogens with one attached hydrogen (secondary N) is 1. The molecule has 2 heterocycles. The topological polar surface area (TPSA) is 126 Å². The molecule has 0 atom stereocenters. The van der Waals surface area contributed by atoms with E-state index in [1.165, 1.54) is 0 Å². The molecule has 0 radical (unpaired) electrons. The van der Waals surface area contributed by atoms with Crippen molar-refractivity contribution in [1.82, 2.24) is 9.88 Å². The molecule has 184 valence electrons. The molecule has 1 saturated heterocycles. The van der Waals surface area contributed by atoms with Crippen LogP contribution in [0.1, 0.15) is 51.2 Å². The number of nitrogens with two attached hydrogens (primary N) is 1. The molecule has 3 N–H and O–H groups in total. The molecule has 0 bridgehead atoms. The zero-order chi connectivity index (χ0) is 25.1. The normalized spacial score (nSPS) is 17.2. The highest BCUT2D eigenvalue weighted by Gasteiger charge is 2.47. The third-order valence-electron chi connectivity index (χ3n) is 5.72. The van der Waals surface area contributed by atoms with Gasteiger partial charge in [0.15, 0.2) is 0 Å². The Labute approximate surface area is 205 Å². The average Bonchev–Trinajstić information content (AvgIpc) is 3.59. The van der Waals surface area contributed by atoms with Gasteiger partial charge in [-0.2, -0.15) is 5.26 Å². The van der Waals surface area contributed by atoms with Gasteiger partial charge in [-0.05, 0) is 45.2 Å². The lowest BCUT2D eigenvalue weighted by molar-refractivity contribution is -0.00334. The largest absolute Gasteiger partial charge is 0.472 e. The van der Waals surface area contributed by atoms with Gasteiger partial charge in [-0.3, -0.25) is 4.99 Å². The smallest absolute Gasteiger partial charge is 0.410 e. The SMILES string of the molecule is CC(C)(C)OC(=O)N1CC(CC#N)(Nc2ccnc(OCc3ccccc3)c2C(N)=NC2CC2)C1. The Morgan fingerprint density at radius 3 is 2.63 bits per heavy atom. The molecule has 2 aliphatic rings. The number of ether oxygens (including phenoxy) is 2. The molecule has 2 fully saturated rings. The molecule has 1 aromatic carbocycles. The minimum atomic E-state index is -0.641. The number of pyridine rings is 1. The molecular formula is C26H32N6O3. The van der Waals surface area contributed by atoms with E-state index in [9.17, 15) is 10.1 Å². The number of hydrogen-bond donors (Lipinski definition) is 2. The summed E-state index contributed by atoms with van der Waals surface area (Å²) in [4.78, 5) is 23.1. The first-order valence-corrected chi connectivity index (χ1v) is 11.8. The summed E-state index contributed by atoms with van der Waals surface area (Å²) in [6.45, 7) is 6.47. The van der Waals surface area contributed by atoms with Crippen molar-refractivity contribution in [1.29, 1.82) is 5.26 Å². The van der Waals surface area contributed by atoms with Gasteiger partial charge in [0.25, 0.3) is 0 Å². The van der Waals surface area contributed by atoms with Crippen LogP contribution in [-0.4, -0.2) is 52.1 Å². The van der Waals surface area contributed by atoms with Crippen LogP contribution in [0.5, 0.6) is 5.88 Å². The number of nitriles is 1. The molecule has 1 aliphatic carbocycles. The molecule has 4 rings (SSSR count). The predicted octanol–water partition coefficient (Wildman–Crippen LogP) is 3.84. The number of carbonyl (C=O) groups excluding carboxylic acids is 1. The minimum Gasteiger partial charge on any atom is -0.472 e. The van der Waals surface area contributed by atoms with E-state index in [0.29, 0.717) is 42.7 Å². The maximum Gasteiger partial charge on any atom is 0.410 e. The van der Waals surface area contributed by atoms with Crippen molar-refractivity contribution in [2.45, 2.75) is 63.8 Å². The quantitative estimate of drug-likeness (QED) is 0.438. The Bertz CT molecular complexity index is 1130. The Morgan fingerprint density at radius 2 is 2.00 bits per heavy atom. The van der Waals surface area contributed by atoms with Crippen LogP contribution in [0.4, 0.5) is 10.5 Å². The maximum absolute atomic E-state index is 12.5. The number of aliphatic imine (C=N–C) groups is 1. The number of aromatic nitrogens is 1. The van der Waals surface area contributed by atoms with Crippen LogP contribution >= 0.6 is 0 Å². The van der Waals surface area contributed by atoms with Crippen molar-refractivity contribution in [3.05, 3.63) is 53.7 Å². The second-order valence-corrected chi connectivity index (χ2v) is 10.1. The van der Waals surface area contributed by atoms with Gasteiger partial charge in [0.2, 0.25) is 5.88 Å². The molecule has 0 spiro atoms. The first-order valence-electron chi connectivity index (χ1n) is 11.8. The summed E-state index contributed by atoms with van der Waals surface area (Å²) in [6.07, 6.45) is 3.46. The van der Waals surface area contributed by atoms with Crippen molar-refractivity contribution >= 4 is 17.6 Å². The summed E-state index contributed by atoms with van der Waals surface area (Å²) in [6, 6.07) is 14.1. The molecule has 2 aromatic rings. The molecule has 1 aromatic heterocycles. The lowest BCUT2D eigenvalue weighted by Crippen LogP contribution is -2.67. The van der Waals surface area contributed by atoms with Crippen LogP contribution in [0.25, 0.3) is 0 Å². The van der Waals surface area contributed by atoms with Crippen LogP contribution in [0.3, 0.4) is 0 Å². The lowest BCUT2D eigenvalue weighted by atomic mass is 9.86. The molecule has 1 saturated carbocycles. The van der Waals surface area contributed by atoms with E-state index < -0.39 is 17.2 Å². The van der Waals surface area contributed by atoms with Crippen molar-refractivity contribution in [3.8, 4) is 11.9 Å². The summed E-state index contributed by atoms with van der Waals surface area (Å²) in [5, 5.41) is 13.0. The number of likely N-dealkylation sites (tertiary alicyclic amines) is 1. The number of benzene rings is 1. The number of amides is 1. The Morgan fingerprint density at radius 1 is 1.29 bits per heavy atom. The van der Waals surface area contributed by atoms with E-state index in [1.807, 2.05) is 51.1 Å². The summed E-state index contributed by atoms with van der Waals surface area (Å²) < 4.78 is 11.5. The molecular weight excluding hydrogens is 444 g/mol. The standard InChI is InChI=1S/C26H32N6O3/c1-25(2,3)35-24(33)32-16-26(17-32,12-13-27)31-20-11-14-29-23(21(20)22(28)30-19-9-10-19)34-15-18-7-5-4-6-8-18/h4-8,11,14,19H,9-10,12,15-17H2,1-3H3,(H2,28,30)(H,29,31). The fourth-order valence-electron chi connectivity index (χ4n) is 3.91. The van der Waals surface area contributed by atoms with Gasteiger partial charge >= 0.3 is 6.09 Å². The van der Waals surface area contributed by atoms with E-state index in [2.05, 4.69) is 21.4 Å². The Hall–Kier alpha value is -3.80. The van der Waals surface area contributed by atoms with E-state index >= 15 is 0 Å². The second kappa shape index (κ2) is 9.82. The summed E-state index contributed by atoms with van der Waals surface area (Å²) in [5.41, 5.74) is 7.46. The number of anilines is 1. The number of hydrogen-bond acceptors (Lipinski definition) is 7. The van der Waals surface area contributed by atoms with Crippen LogP contribution in [-0.2, 0) is 11.3 Å². The maximum atomic E-state index is 12.5. The van der Waals surface area contributed by atoms with Crippen LogP contribution in [0.2, 0.25) is 0 Å². The van der Waals surface area contributed by atoms with Gasteiger partial charge in [0.1, 0.15) is 23.6 Å². The van der Waals surface area contributed by atoms with Crippen LogP contribution in [0, 0.1) is 11.3 Å². The van der Waals surface area contributed by atoms with Crippen LogP contribution < -0.4 is 15.8 Å². The number of rotatable bonds is 8. The van der Waals surface area contributed by atoms with Gasteiger partial charge in [0.05, 0.1) is 29.8 Å². The third-order valence-corrected chi connectivity index (χ3v) is 5.72. The van der Waals surface area contributed by atoms with E-state index in [-0.39, 0.29) is 12.5 Å². The fourth-order valence-corrected chi connectivity index (χ4v) is 3.91. The monoisotopic (exact) mass is 476 g/mol. The molecule has 1 amide bonds. The molecule has 9 heteroatoms. The van der Waals surface area contributed by atoms with Crippen molar-refractivity contribution in [3.63, 3.8) is 0 Å². The molecule has 9 nitrogen and oxygen atoms in total. The molecule has 35 heavy (non-hydrogen) atoms. The van der Waals surface area contributed by atoms with Gasteiger partial charge in [-0.25, -0.2) is 9.78 Å². The number of nitrogens with zero attached hydrogens (tertiary/aromatic N) is 4. The highest BCUT2D eigenvalue weighted by molar-refractivity contribution is 6.04. The Kier molecular flexibility index (Phi) is 6.83. The van der Waals surface area contributed by atoms with E-state index in [4.69, 9.17) is 15.2 Å². The highest BCUT2D eigenvalue weighted by Crippen LogP contribution is 2.35. The van der Waals surface area contributed by atoms with E-state index in [1.54, 1.807) is 17.2 Å². The molecule has 1 aliphatic heterocycles. The minimum absolute atomic E-state index is 0.202. The van der Waals surface area contributed by atoms with Gasteiger partial charge in [0, 0.05) is 19.3 Å². The second-order valence-electron chi connectivity index (χ2n) is 10.1. The van der Waals surface area contributed by atoms with Gasteiger partial charge < -0.3 is 25.4 Å².